The molecule has 0 radical (unpaired) electrons. The van der Waals surface area contributed by atoms with Crippen LogP contribution in [0.15, 0.2) is 170 Å². The first-order chi connectivity index (χ1) is 25.5. The van der Waals surface area contributed by atoms with Crippen LogP contribution in [0.25, 0.3) is 22.3 Å². The van der Waals surface area contributed by atoms with E-state index in [1.807, 2.05) is 0 Å². The molecule has 52 heavy (non-hydrogen) atoms. The van der Waals surface area contributed by atoms with Crippen LogP contribution >= 0.6 is 0 Å². The number of anilines is 8. The van der Waals surface area contributed by atoms with Crippen molar-refractivity contribution in [1.29, 1.82) is 0 Å². The molecule has 0 unspecified atom stereocenters. The fourth-order valence-electron chi connectivity index (χ4n) is 8.32. The molecule has 0 amide bonds. The number of fused-ring (bicyclic) bond motifs is 5. The number of rotatable bonds is 8. The van der Waals surface area contributed by atoms with Gasteiger partial charge in [-0.2, -0.15) is 0 Å². The highest BCUT2D eigenvalue weighted by atomic mass is 15.3. The maximum atomic E-state index is 2.49. The van der Waals surface area contributed by atoms with Crippen molar-refractivity contribution in [3.63, 3.8) is 0 Å². The first kappa shape index (κ1) is 31.9. The van der Waals surface area contributed by atoms with E-state index in [-0.39, 0.29) is 5.41 Å². The summed E-state index contributed by atoms with van der Waals surface area (Å²) in [6, 6.07) is 62.3. The van der Waals surface area contributed by atoms with Crippen LogP contribution in [-0.2, 0) is 5.41 Å². The molecule has 0 fully saturated rings. The zero-order valence-electron chi connectivity index (χ0n) is 30.1. The zero-order valence-corrected chi connectivity index (χ0v) is 30.1. The van der Waals surface area contributed by atoms with E-state index in [0.29, 0.717) is 0 Å². The Labute approximate surface area is 308 Å². The first-order valence-electron chi connectivity index (χ1n) is 18.6. The molecule has 9 rings (SSSR count). The predicted molar refractivity (Wildman–Crippen MR) is 221 cm³/mol. The number of nitrogens with zero attached hydrogens (tertiary/aromatic N) is 3. The zero-order chi connectivity index (χ0) is 35.2. The number of benzene rings is 7. The second-order valence-corrected chi connectivity index (χ2v) is 14.5. The van der Waals surface area contributed by atoms with Crippen molar-refractivity contribution in [3.05, 3.63) is 181 Å². The minimum absolute atomic E-state index is 0.0886. The molecular weight excluding hydrogens is 631 g/mol. The second-order valence-electron chi connectivity index (χ2n) is 14.5. The lowest BCUT2D eigenvalue weighted by atomic mass is 9.82. The Morgan fingerprint density at radius 2 is 1.00 bits per heavy atom. The van der Waals surface area contributed by atoms with E-state index in [1.54, 1.807) is 0 Å². The summed E-state index contributed by atoms with van der Waals surface area (Å²) in [5.74, 6) is 0. The molecule has 0 N–H and O–H groups in total. The molecule has 0 saturated heterocycles. The van der Waals surface area contributed by atoms with Gasteiger partial charge >= 0.3 is 0 Å². The van der Waals surface area contributed by atoms with E-state index < -0.39 is 0 Å². The van der Waals surface area contributed by atoms with Gasteiger partial charge in [0.05, 0.1) is 22.7 Å². The summed E-state index contributed by atoms with van der Waals surface area (Å²) >= 11 is 0. The third-order valence-corrected chi connectivity index (χ3v) is 11.0. The Kier molecular flexibility index (Phi) is 7.92. The summed E-state index contributed by atoms with van der Waals surface area (Å²) in [6.45, 7) is 7.97. The Hall–Kier alpha value is -6.06. The molecular formula is C49H43N3. The van der Waals surface area contributed by atoms with E-state index >= 15 is 0 Å². The number of hydrogen-bond donors (Lipinski definition) is 0. The van der Waals surface area contributed by atoms with Gasteiger partial charge in [0.1, 0.15) is 0 Å². The van der Waals surface area contributed by atoms with Gasteiger partial charge in [0.15, 0.2) is 0 Å². The molecule has 7 aromatic rings. The summed E-state index contributed by atoms with van der Waals surface area (Å²) in [6.07, 6.45) is 2.30. The predicted octanol–water partition coefficient (Wildman–Crippen LogP) is 13.9. The van der Waals surface area contributed by atoms with Crippen molar-refractivity contribution in [2.45, 2.75) is 39.0 Å². The van der Waals surface area contributed by atoms with Crippen LogP contribution in [0.3, 0.4) is 0 Å². The van der Waals surface area contributed by atoms with Gasteiger partial charge in [-0.25, -0.2) is 0 Å². The van der Waals surface area contributed by atoms with E-state index in [9.17, 15) is 0 Å². The Morgan fingerprint density at radius 1 is 0.481 bits per heavy atom. The summed E-state index contributed by atoms with van der Waals surface area (Å²) < 4.78 is 0. The maximum absolute atomic E-state index is 2.49. The van der Waals surface area contributed by atoms with E-state index in [4.69, 9.17) is 0 Å². The molecule has 254 valence electrons. The topological polar surface area (TPSA) is 9.72 Å². The summed E-state index contributed by atoms with van der Waals surface area (Å²) in [7, 11) is 0. The van der Waals surface area contributed by atoms with E-state index in [1.165, 1.54) is 56.1 Å². The molecule has 0 saturated carbocycles. The van der Waals surface area contributed by atoms with Crippen molar-refractivity contribution >= 4 is 45.5 Å². The highest BCUT2D eigenvalue weighted by Crippen LogP contribution is 2.53. The number of hydrogen-bond acceptors (Lipinski definition) is 3. The van der Waals surface area contributed by atoms with Crippen LogP contribution in [0, 0.1) is 0 Å². The smallest absolute Gasteiger partial charge is 0.0699 e. The average Bonchev–Trinajstić information content (AvgIpc) is 3.43. The SMILES string of the molecule is CCCCN1c2ccccc2N(c2ccc(N(c3ccc(-c4ccccc4)cc3)c3ccc4c(c3)C(C)(C)c3ccccc3-4)cc2)c2ccccc21. The van der Waals surface area contributed by atoms with Crippen LogP contribution in [-0.4, -0.2) is 6.54 Å². The quantitative estimate of drug-likeness (QED) is 0.159. The van der Waals surface area contributed by atoms with Crippen LogP contribution in [0.5, 0.6) is 0 Å². The summed E-state index contributed by atoms with van der Waals surface area (Å²) in [5, 5.41) is 0. The molecule has 1 aliphatic heterocycles. The lowest BCUT2D eigenvalue weighted by Gasteiger charge is -2.40. The van der Waals surface area contributed by atoms with E-state index in [2.05, 4.69) is 205 Å². The standard InChI is InChI=1S/C49H43N3/c1-4-5-33-50-45-19-11-13-21-47(45)52(48-22-14-12-20-46(48)50)39-29-27-38(28-30-39)51(37-25-23-36(24-26-37)35-15-7-6-8-16-35)40-31-32-42-41-17-9-10-18-43(41)49(2,3)44(42)34-40/h6-32,34H,4-5,33H2,1-3H3. The fourth-order valence-corrected chi connectivity index (χ4v) is 8.32. The summed E-state index contributed by atoms with van der Waals surface area (Å²) in [4.78, 5) is 7.32. The average molecular weight is 674 g/mol. The van der Waals surface area contributed by atoms with E-state index in [0.717, 1.165) is 42.1 Å². The van der Waals surface area contributed by atoms with Gasteiger partial charge in [0.2, 0.25) is 0 Å². The van der Waals surface area contributed by atoms with Crippen molar-refractivity contribution < 1.29 is 0 Å². The van der Waals surface area contributed by atoms with Crippen molar-refractivity contribution in [3.8, 4) is 22.3 Å². The Morgan fingerprint density at radius 3 is 1.65 bits per heavy atom. The molecule has 0 bridgehead atoms. The fraction of sp³-hybridized carbons (Fsp3) is 0.143. The number of unbranched alkanes of at least 4 members (excludes halogenated alkanes) is 1. The van der Waals surface area contributed by atoms with Crippen molar-refractivity contribution in [2.24, 2.45) is 0 Å². The lowest BCUT2D eigenvalue weighted by Crippen LogP contribution is -2.27. The second kappa shape index (κ2) is 12.9. The molecule has 0 spiro atoms. The van der Waals surface area contributed by atoms with Crippen molar-refractivity contribution in [1.82, 2.24) is 0 Å². The van der Waals surface area contributed by atoms with Gasteiger partial charge < -0.3 is 14.7 Å². The Bertz CT molecular complexity index is 2330. The van der Waals surface area contributed by atoms with Gasteiger partial charge in [-0.15, -0.1) is 0 Å². The molecule has 1 aliphatic carbocycles. The highest BCUT2D eigenvalue weighted by molar-refractivity contribution is 5.98. The molecule has 3 heteroatoms. The highest BCUT2D eigenvalue weighted by Gasteiger charge is 2.36. The minimum atomic E-state index is -0.0886. The lowest BCUT2D eigenvalue weighted by molar-refractivity contribution is 0.660. The molecule has 0 aromatic heterocycles. The molecule has 3 nitrogen and oxygen atoms in total. The molecule has 7 aromatic carbocycles. The number of para-hydroxylation sites is 4. The first-order valence-corrected chi connectivity index (χ1v) is 18.6. The summed E-state index contributed by atoms with van der Waals surface area (Å²) in [5.41, 5.74) is 17.2. The van der Waals surface area contributed by atoms with Crippen molar-refractivity contribution in [2.75, 3.05) is 21.2 Å². The van der Waals surface area contributed by atoms with Gasteiger partial charge in [0.25, 0.3) is 0 Å². The van der Waals surface area contributed by atoms with Gasteiger partial charge in [-0.3, -0.25) is 0 Å². The van der Waals surface area contributed by atoms with Crippen LogP contribution in [0.4, 0.5) is 45.5 Å². The minimum Gasteiger partial charge on any atom is -0.338 e. The molecule has 2 aliphatic rings. The molecule has 1 heterocycles. The monoisotopic (exact) mass is 673 g/mol. The van der Waals surface area contributed by atoms with Gasteiger partial charge in [0, 0.05) is 34.7 Å². The molecule has 0 atom stereocenters. The largest absolute Gasteiger partial charge is 0.338 e. The normalized spacial score (nSPS) is 13.6. The van der Waals surface area contributed by atoms with Gasteiger partial charge in [-0.05, 0) is 113 Å². The third kappa shape index (κ3) is 5.27. The third-order valence-electron chi connectivity index (χ3n) is 11.0. The Balaban J connectivity index is 1.14. The van der Waals surface area contributed by atoms with Crippen LogP contribution < -0.4 is 14.7 Å². The van der Waals surface area contributed by atoms with Crippen LogP contribution in [0.1, 0.15) is 44.7 Å². The van der Waals surface area contributed by atoms with Crippen LogP contribution in [0.2, 0.25) is 0 Å². The van der Waals surface area contributed by atoms with Gasteiger partial charge in [-0.1, -0.05) is 124 Å². The maximum Gasteiger partial charge on any atom is 0.0699 e.